The Hall–Kier alpha value is -1.69. The Labute approximate surface area is 119 Å². The van der Waals surface area contributed by atoms with Gasteiger partial charge in [-0.15, -0.1) is 0 Å². The second-order valence-electron chi connectivity index (χ2n) is 5.03. The number of carbonyl (C=O) groups excluding carboxylic acids is 1. The van der Waals surface area contributed by atoms with Crippen molar-refractivity contribution in [2.24, 2.45) is 5.92 Å². The molecule has 0 spiro atoms. The maximum absolute atomic E-state index is 12.2. The summed E-state index contributed by atoms with van der Waals surface area (Å²) in [6.07, 6.45) is 5.09. The number of nitrogens with one attached hydrogen (secondary N) is 2. The Balaban J connectivity index is 1.94. The molecule has 20 heavy (non-hydrogen) atoms. The van der Waals surface area contributed by atoms with Gasteiger partial charge in [-0.3, -0.25) is 9.78 Å². The Bertz CT molecular complexity index is 447. The van der Waals surface area contributed by atoms with Crippen LogP contribution in [0.25, 0.3) is 0 Å². The van der Waals surface area contributed by atoms with Gasteiger partial charge in [0.25, 0.3) is 5.91 Å². The maximum Gasteiger partial charge on any atom is 0.271 e. The maximum atomic E-state index is 12.2. The molecule has 2 heterocycles. The normalized spacial score (nSPS) is 17.5. The van der Waals surface area contributed by atoms with Gasteiger partial charge in [0.15, 0.2) is 0 Å². The zero-order valence-corrected chi connectivity index (χ0v) is 12.1. The first-order valence-corrected chi connectivity index (χ1v) is 7.15. The molecule has 1 saturated heterocycles. The van der Waals surface area contributed by atoms with Gasteiger partial charge in [0, 0.05) is 25.8 Å². The third-order valence-electron chi connectivity index (χ3n) is 3.56. The first-order valence-electron chi connectivity index (χ1n) is 7.15. The van der Waals surface area contributed by atoms with Crippen LogP contribution in [0.1, 0.15) is 37.2 Å². The summed E-state index contributed by atoms with van der Waals surface area (Å²) in [5.74, 6) is 0.924. The first kappa shape index (κ1) is 14.7. The topological polar surface area (TPSA) is 76.1 Å². The number of anilines is 1. The van der Waals surface area contributed by atoms with Gasteiger partial charge in [-0.1, -0.05) is 0 Å². The molecule has 1 aliphatic heterocycles. The lowest BCUT2D eigenvalue weighted by Gasteiger charge is -2.28. The lowest BCUT2D eigenvalue weighted by molar-refractivity contribution is 0.0537. The number of amides is 1. The van der Waals surface area contributed by atoms with Crippen LogP contribution in [-0.4, -0.2) is 41.7 Å². The summed E-state index contributed by atoms with van der Waals surface area (Å²) in [5.41, 5.74) is 0.349. The molecule has 1 atom stereocenters. The van der Waals surface area contributed by atoms with Crippen LogP contribution in [-0.2, 0) is 4.74 Å². The zero-order chi connectivity index (χ0) is 14.4. The van der Waals surface area contributed by atoms with Crippen LogP contribution in [0, 0.1) is 5.92 Å². The molecular formula is C14H22N4O2. The minimum Gasteiger partial charge on any atom is -0.381 e. The van der Waals surface area contributed by atoms with Crippen LogP contribution in [0.5, 0.6) is 0 Å². The molecular weight excluding hydrogens is 256 g/mol. The third-order valence-corrected chi connectivity index (χ3v) is 3.56. The molecule has 0 saturated carbocycles. The highest BCUT2D eigenvalue weighted by Gasteiger charge is 2.22. The summed E-state index contributed by atoms with van der Waals surface area (Å²) in [5, 5.41) is 6.06. The standard InChI is InChI=1S/C14H22N4O2/c1-3-16-13-9-15-8-12(18-13)14(19)17-10(2)11-4-6-20-7-5-11/h8-11H,3-7H2,1-2H3,(H,16,18)(H,17,19). The highest BCUT2D eigenvalue weighted by Crippen LogP contribution is 2.18. The second-order valence-corrected chi connectivity index (χ2v) is 5.03. The van der Waals surface area contributed by atoms with E-state index in [0.717, 1.165) is 32.6 Å². The monoisotopic (exact) mass is 278 g/mol. The number of carbonyl (C=O) groups is 1. The minimum atomic E-state index is -0.170. The minimum absolute atomic E-state index is 0.121. The molecule has 0 bridgehead atoms. The Morgan fingerprint density at radius 2 is 2.20 bits per heavy atom. The summed E-state index contributed by atoms with van der Waals surface area (Å²) >= 11 is 0. The number of nitrogens with zero attached hydrogens (tertiary/aromatic N) is 2. The molecule has 1 aromatic rings. The van der Waals surface area contributed by atoms with Crippen LogP contribution >= 0.6 is 0 Å². The van der Waals surface area contributed by atoms with Gasteiger partial charge >= 0.3 is 0 Å². The van der Waals surface area contributed by atoms with Crippen LogP contribution in [0.2, 0.25) is 0 Å². The van der Waals surface area contributed by atoms with Crippen LogP contribution in [0.15, 0.2) is 12.4 Å². The molecule has 1 fully saturated rings. The lowest BCUT2D eigenvalue weighted by Crippen LogP contribution is -2.40. The van der Waals surface area contributed by atoms with Crippen molar-refractivity contribution in [2.45, 2.75) is 32.7 Å². The lowest BCUT2D eigenvalue weighted by atomic mass is 9.93. The Kier molecular flexibility index (Phi) is 5.29. The Morgan fingerprint density at radius 1 is 1.45 bits per heavy atom. The third kappa shape index (κ3) is 3.90. The molecule has 1 aromatic heterocycles. The fraction of sp³-hybridized carbons (Fsp3) is 0.643. The van der Waals surface area contributed by atoms with Crippen molar-refractivity contribution in [3.05, 3.63) is 18.1 Å². The molecule has 2 rings (SSSR count). The summed E-state index contributed by atoms with van der Waals surface area (Å²) < 4.78 is 5.34. The van der Waals surface area contributed by atoms with Crippen molar-refractivity contribution in [3.63, 3.8) is 0 Å². The van der Waals surface area contributed by atoms with Crippen molar-refractivity contribution >= 4 is 11.7 Å². The second kappa shape index (κ2) is 7.19. The predicted octanol–water partition coefficient (Wildman–Crippen LogP) is 1.45. The molecule has 110 valence electrons. The van der Waals surface area contributed by atoms with Gasteiger partial charge in [-0.05, 0) is 32.6 Å². The van der Waals surface area contributed by atoms with E-state index in [1.807, 2.05) is 13.8 Å². The molecule has 0 aromatic carbocycles. The van der Waals surface area contributed by atoms with E-state index in [0.29, 0.717) is 17.4 Å². The summed E-state index contributed by atoms with van der Waals surface area (Å²) in [7, 11) is 0. The van der Waals surface area contributed by atoms with Crippen molar-refractivity contribution in [3.8, 4) is 0 Å². The van der Waals surface area contributed by atoms with Crippen molar-refractivity contribution in [1.82, 2.24) is 15.3 Å². The van der Waals surface area contributed by atoms with Gasteiger partial charge in [0.05, 0.1) is 12.4 Å². The van der Waals surface area contributed by atoms with E-state index in [1.54, 1.807) is 6.20 Å². The predicted molar refractivity (Wildman–Crippen MR) is 76.7 cm³/mol. The average molecular weight is 278 g/mol. The zero-order valence-electron chi connectivity index (χ0n) is 12.1. The van der Waals surface area contributed by atoms with Gasteiger partial charge in [0.2, 0.25) is 0 Å². The SMILES string of the molecule is CCNc1cncc(C(=O)NC(C)C2CCOCC2)n1. The van der Waals surface area contributed by atoms with Crippen molar-refractivity contribution in [2.75, 3.05) is 25.1 Å². The number of hydrogen-bond acceptors (Lipinski definition) is 5. The van der Waals surface area contributed by atoms with E-state index in [-0.39, 0.29) is 11.9 Å². The highest BCUT2D eigenvalue weighted by molar-refractivity contribution is 5.92. The highest BCUT2D eigenvalue weighted by atomic mass is 16.5. The number of rotatable bonds is 5. The smallest absolute Gasteiger partial charge is 0.271 e. The fourth-order valence-corrected chi connectivity index (χ4v) is 2.36. The van der Waals surface area contributed by atoms with E-state index in [9.17, 15) is 4.79 Å². The van der Waals surface area contributed by atoms with Gasteiger partial charge in [-0.25, -0.2) is 4.98 Å². The van der Waals surface area contributed by atoms with Crippen molar-refractivity contribution < 1.29 is 9.53 Å². The van der Waals surface area contributed by atoms with Crippen LogP contribution < -0.4 is 10.6 Å². The largest absolute Gasteiger partial charge is 0.381 e. The molecule has 1 aliphatic rings. The van der Waals surface area contributed by atoms with Crippen LogP contribution in [0.3, 0.4) is 0 Å². The first-order chi connectivity index (χ1) is 9.70. The average Bonchev–Trinajstić information content (AvgIpc) is 2.48. The molecule has 1 unspecified atom stereocenters. The van der Waals surface area contributed by atoms with Gasteiger partial charge in [0.1, 0.15) is 11.5 Å². The molecule has 6 nitrogen and oxygen atoms in total. The molecule has 6 heteroatoms. The van der Waals surface area contributed by atoms with Gasteiger partial charge in [-0.2, -0.15) is 0 Å². The summed E-state index contributed by atoms with van der Waals surface area (Å²) in [4.78, 5) is 20.5. The number of aromatic nitrogens is 2. The van der Waals surface area contributed by atoms with E-state index in [4.69, 9.17) is 4.74 Å². The van der Waals surface area contributed by atoms with E-state index < -0.39 is 0 Å². The summed E-state index contributed by atoms with van der Waals surface area (Å²) in [6.45, 7) is 6.32. The van der Waals surface area contributed by atoms with Crippen LogP contribution in [0.4, 0.5) is 5.82 Å². The summed E-state index contributed by atoms with van der Waals surface area (Å²) in [6, 6.07) is 0.121. The number of ether oxygens (including phenoxy) is 1. The van der Waals surface area contributed by atoms with E-state index in [2.05, 4.69) is 20.6 Å². The number of hydrogen-bond donors (Lipinski definition) is 2. The quantitative estimate of drug-likeness (QED) is 0.852. The van der Waals surface area contributed by atoms with Gasteiger partial charge < -0.3 is 15.4 Å². The molecule has 0 aliphatic carbocycles. The molecule has 2 N–H and O–H groups in total. The Morgan fingerprint density at radius 3 is 2.90 bits per heavy atom. The molecule has 1 amide bonds. The molecule has 0 radical (unpaired) electrons. The van der Waals surface area contributed by atoms with E-state index in [1.165, 1.54) is 6.20 Å². The van der Waals surface area contributed by atoms with Crippen molar-refractivity contribution in [1.29, 1.82) is 0 Å². The fourth-order valence-electron chi connectivity index (χ4n) is 2.36. The van der Waals surface area contributed by atoms with E-state index >= 15 is 0 Å².